The van der Waals surface area contributed by atoms with E-state index < -0.39 is 7.12 Å². The summed E-state index contributed by atoms with van der Waals surface area (Å²) in [5.74, 6) is 0. The van der Waals surface area contributed by atoms with Gasteiger partial charge in [0.15, 0.2) is 0 Å². The molecular formula is C11H15BN2O2. The maximum absolute atomic E-state index is 9.05. The fourth-order valence-corrected chi connectivity index (χ4v) is 1.75. The van der Waals surface area contributed by atoms with E-state index in [-0.39, 0.29) is 0 Å². The van der Waals surface area contributed by atoms with Gasteiger partial charge in [-0.25, -0.2) is 4.98 Å². The molecule has 5 heteroatoms. The lowest BCUT2D eigenvalue weighted by Gasteiger charge is -2.03. The Balaban J connectivity index is 2.35. The zero-order chi connectivity index (χ0) is 11.5. The summed E-state index contributed by atoms with van der Waals surface area (Å²) in [5.41, 5.74) is 2.33. The first-order valence-electron chi connectivity index (χ1n) is 5.53. The minimum absolute atomic E-state index is 0.480. The zero-order valence-electron chi connectivity index (χ0n) is 9.30. The molecule has 2 aromatic rings. The fraction of sp³-hybridized carbons (Fsp3) is 0.364. The number of aromatic nitrogens is 2. The van der Waals surface area contributed by atoms with Gasteiger partial charge in [0.05, 0.1) is 17.4 Å². The van der Waals surface area contributed by atoms with Crippen molar-refractivity contribution < 1.29 is 10.0 Å². The lowest BCUT2D eigenvalue weighted by atomic mass is 9.80. The average Bonchev–Trinajstić information content (AvgIpc) is 2.68. The van der Waals surface area contributed by atoms with Crippen LogP contribution >= 0.6 is 0 Å². The molecule has 2 rings (SSSR count). The third-order valence-corrected chi connectivity index (χ3v) is 2.70. The van der Waals surface area contributed by atoms with Crippen molar-refractivity contribution in [2.45, 2.75) is 26.3 Å². The minimum atomic E-state index is -1.43. The van der Waals surface area contributed by atoms with E-state index >= 15 is 0 Å². The van der Waals surface area contributed by atoms with E-state index in [0.717, 1.165) is 30.4 Å². The van der Waals surface area contributed by atoms with Crippen molar-refractivity contribution in [3.63, 3.8) is 0 Å². The molecule has 0 radical (unpaired) electrons. The molecule has 0 atom stereocenters. The van der Waals surface area contributed by atoms with E-state index in [9.17, 15) is 0 Å². The van der Waals surface area contributed by atoms with Crippen molar-refractivity contribution in [2.24, 2.45) is 0 Å². The first-order chi connectivity index (χ1) is 7.72. The molecule has 84 valence electrons. The van der Waals surface area contributed by atoms with Crippen molar-refractivity contribution in [2.75, 3.05) is 0 Å². The van der Waals surface area contributed by atoms with Gasteiger partial charge < -0.3 is 14.6 Å². The SMILES string of the molecule is CCCCn1cnc2cc(B(O)O)ccc21. The summed E-state index contributed by atoms with van der Waals surface area (Å²) >= 11 is 0. The van der Waals surface area contributed by atoms with Crippen LogP contribution in [0.25, 0.3) is 11.0 Å². The van der Waals surface area contributed by atoms with E-state index in [2.05, 4.69) is 16.5 Å². The summed E-state index contributed by atoms with van der Waals surface area (Å²) < 4.78 is 2.09. The van der Waals surface area contributed by atoms with Crippen molar-refractivity contribution in [3.05, 3.63) is 24.5 Å². The molecule has 0 amide bonds. The van der Waals surface area contributed by atoms with Crippen LogP contribution in [0.4, 0.5) is 0 Å². The van der Waals surface area contributed by atoms with Crippen LogP contribution < -0.4 is 5.46 Å². The Labute approximate surface area is 94.7 Å². The summed E-state index contributed by atoms with van der Waals surface area (Å²) in [5, 5.41) is 18.1. The Kier molecular flexibility index (Phi) is 3.26. The first kappa shape index (κ1) is 11.2. The highest BCUT2D eigenvalue weighted by Crippen LogP contribution is 2.11. The predicted molar refractivity (Wildman–Crippen MR) is 64.5 cm³/mol. The Morgan fingerprint density at radius 1 is 1.38 bits per heavy atom. The Bertz CT molecular complexity index is 482. The molecule has 16 heavy (non-hydrogen) atoms. The van der Waals surface area contributed by atoms with Gasteiger partial charge in [-0.15, -0.1) is 0 Å². The number of unbranched alkanes of at least 4 members (excludes halogenated alkanes) is 1. The van der Waals surface area contributed by atoms with Crippen molar-refractivity contribution in [1.82, 2.24) is 9.55 Å². The highest BCUT2D eigenvalue weighted by Gasteiger charge is 2.12. The normalized spacial score (nSPS) is 10.9. The Hall–Kier alpha value is -1.33. The van der Waals surface area contributed by atoms with Crippen LogP contribution in [-0.2, 0) is 6.54 Å². The molecule has 1 aromatic heterocycles. The van der Waals surface area contributed by atoms with Gasteiger partial charge in [-0.05, 0) is 24.0 Å². The van der Waals surface area contributed by atoms with Crippen LogP contribution in [0.1, 0.15) is 19.8 Å². The number of rotatable bonds is 4. The molecule has 1 aromatic carbocycles. The molecule has 0 aliphatic heterocycles. The number of aryl methyl sites for hydroxylation is 1. The van der Waals surface area contributed by atoms with Crippen molar-refractivity contribution in [3.8, 4) is 0 Å². The molecule has 0 spiro atoms. The van der Waals surface area contributed by atoms with Crippen molar-refractivity contribution >= 4 is 23.6 Å². The van der Waals surface area contributed by atoms with Gasteiger partial charge in [-0.2, -0.15) is 0 Å². The van der Waals surface area contributed by atoms with Crippen LogP contribution in [-0.4, -0.2) is 26.7 Å². The number of benzene rings is 1. The molecule has 0 aliphatic rings. The van der Waals surface area contributed by atoms with Gasteiger partial charge in [-0.1, -0.05) is 19.4 Å². The highest BCUT2D eigenvalue weighted by molar-refractivity contribution is 6.58. The van der Waals surface area contributed by atoms with E-state index in [1.54, 1.807) is 18.5 Å². The molecule has 0 fully saturated rings. The van der Waals surface area contributed by atoms with Gasteiger partial charge >= 0.3 is 7.12 Å². The first-order valence-corrected chi connectivity index (χ1v) is 5.53. The summed E-state index contributed by atoms with van der Waals surface area (Å²) in [4.78, 5) is 4.26. The third kappa shape index (κ3) is 2.10. The van der Waals surface area contributed by atoms with E-state index in [0.29, 0.717) is 5.46 Å². The van der Waals surface area contributed by atoms with Crippen LogP contribution in [0.2, 0.25) is 0 Å². The quantitative estimate of drug-likeness (QED) is 0.735. The Morgan fingerprint density at radius 3 is 2.88 bits per heavy atom. The third-order valence-electron chi connectivity index (χ3n) is 2.70. The second-order valence-electron chi connectivity index (χ2n) is 3.91. The Morgan fingerprint density at radius 2 is 2.19 bits per heavy atom. The molecule has 0 unspecified atom stereocenters. The number of hydrogen-bond donors (Lipinski definition) is 2. The second-order valence-corrected chi connectivity index (χ2v) is 3.91. The molecule has 1 heterocycles. The number of imidazole rings is 1. The molecular weight excluding hydrogens is 203 g/mol. The number of hydrogen-bond acceptors (Lipinski definition) is 3. The molecule has 0 bridgehead atoms. The number of fused-ring (bicyclic) bond motifs is 1. The van der Waals surface area contributed by atoms with Crippen molar-refractivity contribution in [1.29, 1.82) is 0 Å². The van der Waals surface area contributed by atoms with E-state index in [4.69, 9.17) is 10.0 Å². The summed E-state index contributed by atoms with van der Waals surface area (Å²) in [6, 6.07) is 5.31. The lowest BCUT2D eigenvalue weighted by Crippen LogP contribution is -2.29. The largest absolute Gasteiger partial charge is 0.488 e. The summed E-state index contributed by atoms with van der Waals surface area (Å²) in [6.45, 7) is 3.10. The average molecular weight is 218 g/mol. The molecule has 0 saturated carbocycles. The molecule has 0 aliphatic carbocycles. The van der Waals surface area contributed by atoms with Gasteiger partial charge in [0, 0.05) is 6.54 Å². The van der Waals surface area contributed by atoms with E-state index in [1.165, 1.54) is 0 Å². The maximum Gasteiger partial charge on any atom is 0.488 e. The second kappa shape index (κ2) is 4.68. The molecule has 0 saturated heterocycles. The monoisotopic (exact) mass is 218 g/mol. The number of nitrogens with zero attached hydrogens (tertiary/aromatic N) is 2. The zero-order valence-corrected chi connectivity index (χ0v) is 9.30. The summed E-state index contributed by atoms with van der Waals surface area (Å²) in [7, 11) is -1.43. The minimum Gasteiger partial charge on any atom is -0.423 e. The van der Waals surface area contributed by atoms with Crippen LogP contribution in [0.15, 0.2) is 24.5 Å². The van der Waals surface area contributed by atoms with Gasteiger partial charge in [0.25, 0.3) is 0 Å². The van der Waals surface area contributed by atoms with Gasteiger partial charge in [0.1, 0.15) is 0 Å². The highest BCUT2D eigenvalue weighted by atomic mass is 16.4. The smallest absolute Gasteiger partial charge is 0.423 e. The fourth-order valence-electron chi connectivity index (χ4n) is 1.75. The standard InChI is InChI=1S/C11H15BN2O2/c1-2-3-6-14-8-13-10-7-9(12(15)16)4-5-11(10)14/h4-5,7-8,15-16H,2-3,6H2,1H3. The van der Waals surface area contributed by atoms with Gasteiger partial charge in [0.2, 0.25) is 0 Å². The summed E-state index contributed by atoms with van der Waals surface area (Å²) in [6.07, 6.45) is 4.07. The van der Waals surface area contributed by atoms with Gasteiger partial charge in [-0.3, -0.25) is 0 Å². The van der Waals surface area contributed by atoms with Crippen LogP contribution in [0, 0.1) is 0 Å². The van der Waals surface area contributed by atoms with Crippen LogP contribution in [0.5, 0.6) is 0 Å². The topological polar surface area (TPSA) is 58.3 Å². The maximum atomic E-state index is 9.05. The predicted octanol–water partition coefficient (Wildman–Crippen LogP) is 0.516. The van der Waals surface area contributed by atoms with Crippen LogP contribution in [0.3, 0.4) is 0 Å². The molecule has 2 N–H and O–H groups in total. The molecule has 4 nitrogen and oxygen atoms in total. The van der Waals surface area contributed by atoms with E-state index in [1.807, 2.05) is 6.07 Å². The lowest BCUT2D eigenvalue weighted by molar-refractivity contribution is 0.426.